The Morgan fingerprint density at radius 1 is 1.47 bits per heavy atom. The van der Waals surface area contributed by atoms with Gasteiger partial charge in [0.1, 0.15) is 9.71 Å². The van der Waals surface area contributed by atoms with Gasteiger partial charge >= 0.3 is 0 Å². The first-order chi connectivity index (χ1) is 8.88. The number of thiophene rings is 1. The average molecular weight is 278 g/mol. The predicted molar refractivity (Wildman–Crippen MR) is 78.2 cm³/mol. The maximum absolute atomic E-state index is 12.1. The van der Waals surface area contributed by atoms with Gasteiger partial charge in [-0.15, -0.1) is 16.4 Å². The molecular formula is C13H18N4OS. The third-order valence-corrected chi connectivity index (χ3v) is 3.89. The number of nitrogens with zero attached hydrogens (tertiary/aromatic N) is 2. The molecule has 2 rings (SSSR count). The highest BCUT2D eigenvalue weighted by Crippen LogP contribution is 2.31. The molecule has 0 saturated heterocycles. The molecule has 0 fully saturated rings. The molecule has 0 saturated carbocycles. The molecule has 2 heterocycles. The van der Waals surface area contributed by atoms with Crippen molar-refractivity contribution in [1.29, 1.82) is 0 Å². The number of aromatic nitrogens is 2. The van der Waals surface area contributed by atoms with Crippen molar-refractivity contribution in [3.8, 4) is 0 Å². The van der Waals surface area contributed by atoms with E-state index in [0.29, 0.717) is 21.9 Å². The summed E-state index contributed by atoms with van der Waals surface area (Å²) in [4.78, 5) is 13.3. The van der Waals surface area contributed by atoms with Crippen LogP contribution in [0.3, 0.4) is 0 Å². The summed E-state index contributed by atoms with van der Waals surface area (Å²) in [7, 11) is 0. The van der Waals surface area contributed by atoms with Crippen LogP contribution in [0.2, 0.25) is 0 Å². The van der Waals surface area contributed by atoms with E-state index in [1.807, 2.05) is 0 Å². The molecule has 5 nitrogen and oxygen atoms in total. The Kier molecular flexibility index (Phi) is 3.71. The van der Waals surface area contributed by atoms with E-state index in [2.05, 4.69) is 36.3 Å². The fourth-order valence-electron chi connectivity index (χ4n) is 1.67. The highest BCUT2D eigenvalue weighted by atomic mass is 32.1. The molecule has 2 aromatic heterocycles. The molecule has 1 amide bonds. The Hall–Kier alpha value is -1.69. The third-order valence-electron chi connectivity index (χ3n) is 2.79. The second-order valence-corrected chi connectivity index (χ2v) is 6.66. The molecule has 102 valence electrons. The standard InChI is InChI=1S/C13H18N4OS/c1-13(2,3)5-7-15-11(18)10-9(14)8-4-6-16-17-12(8)19-10/h4,6H,5,7,14H2,1-3H3,(H,15,18). The fraction of sp³-hybridized carbons (Fsp3) is 0.462. The van der Waals surface area contributed by atoms with Crippen LogP contribution >= 0.6 is 11.3 Å². The Bertz CT molecular complexity index is 600. The van der Waals surface area contributed by atoms with Gasteiger partial charge in [-0.3, -0.25) is 4.79 Å². The quantitative estimate of drug-likeness (QED) is 0.903. The lowest BCUT2D eigenvalue weighted by Crippen LogP contribution is -2.27. The van der Waals surface area contributed by atoms with Crippen LogP contribution in [-0.4, -0.2) is 22.6 Å². The van der Waals surface area contributed by atoms with Crippen molar-refractivity contribution in [2.24, 2.45) is 5.41 Å². The summed E-state index contributed by atoms with van der Waals surface area (Å²) in [5.41, 5.74) is 6.67. The summed E-state index contributed by atoms with van der Waals surface area (Å²) in [5.74, 6) is -0.134. The lowest BCUT2D eigenvalue weighted by Gasteiger charge is -2.17. The van der Waals surface area contributed by atoms with Gasteiger partial charge in [0, 0.05) is 11.9 Å². The van der Waals surface area contributed by atoms with Crippen LogP contribution in [0.25, 0.3) is 10.2 Å². The van der Waals surface area contributed by atoms with Crippen molar-refractivity contribution < 1.29 is 4.79 Å². The number of hydrogen-bond donors (Lipinski definition) is 2. The number of anilines is 1. The summed E-state index contributed by atoms with van der Waals surface area (Å²) < 4.78 is 0. The summed E-state index contributed by atoms with van der Waals surface area (Å²) >= 11 is 1.28. The molecule has 0 radical (unpaired) electrons. The highest BCUT2D eigenvalue weighted by molar-refractivity contribution is 7.21. The number of rotatable bonds is 3. The number of nitrogens with two attached hydrogens (primary N) is 1. The number of carbonyl (C=O) groups is 1. The molecule has 0 bridgehead atoms. The summed E-state index contributed by atoms with van der Waals surface area (Å²) in [6.07, 6.45) is 2.50. The minimum Gasteiger partial charge on any atom is -0.397 e. The molecule has 0 aliphatic rings. The van der Waals surface area contributed by atoms with Crippen LogP contribution in [0.5, 0.6) is 0 Å². The topological polar surface area (TPSA) is 80.9 Å². The molecule has 0 unspecified atom stereocenters. The minimum atomic E-state index is -0.134. The van der Waals surface area contributed by atoms with Gasteiger partial charge in [-0.2, -0.15) is 5.10 Å². The van der Waals surface area contributed by atoms with Gasteiger partial charge in [0.05, 0.1) is 11.9 Å². The van der Waals surface area contributed by atoms with Crippen LogP contribution in [0.15, 0.2) is 12.3 Å². The lowest BCUT2D eigenvalue weighted by atomic mass is 9.92. The second-order valence-electron chi connectivity index (χ2n) is 5.66. The van der Waals surface area contributed by atoms with Crippen LogP contribution in [0.1, 0.15) is 36.9 Å². The summed E-state index contributed by atoms with van der Waals surface area (Å²) in [6, 6.07) is 1.78. The van der Waals surface area contributed by atoms with Gasteiger partial charge in [-0.1, -0.05) is 20.8 Å². The van der Waals surface area contributed by atoms with Crippen molar-refractivity contribution in [2.75, 3.05) is 12.3 Å². The molecule has 0 atom stereocenters. The van der Waals surface area contributed by atoms with Crippen LogP contribution in [0.4, 0.5) is 5.69 Å². The van der Waals surface area contributed by atoms with Gasteiger partial charge in [-0.05, 0) is 17.9 Å². The van der Waals surface area contributed by atoms with Crippen molar-refractivity contribution in [1.82, 2.24) is 15.5 Å². The van der Waals surface area contributed by atoms with Crippen LogP contribution in [0, 0.1) is 5.41 Å². The zero-order valence-electron chi connectivity index (χ0n) is 11.4. The normalized spacial score (nSPS) is 11.7. The van der Waals surface area contributed by atoms with Crippen molar-refractivity contribution >= 4 is 33.1 Å². The van der Waals surface area contributed by atoms with Crippen LogP contribution in [-0.2, 0) is 0 Å². The average Bonchev–Trinajstić information content (AvgIpc) is 2.66. The Morgan fingerprint density at radius 3 is 2.84 bits per heavy atom. The smallest absolute Gasteiger partial charge is 0.263 e. The number of amides is 1. The molecule has 3 N–H and O–H groups in total. The van der Waals surface area contributed by atoms with Gasteiger partial charge < -0.3 is 11.1 Å². The van der Waals surface area contributed by atoms with Gasteiger partial charge in [0.15, 0.2) is 0 Å². The Labute approximate surface area is 116 Å². The SMILES string of the molecule is CC(C)(C)CCNC(=O)c1sc2nnccc2c1N. The van der Waals surface area contributed by atoms with E-state index in [9.17, 15) is 4.79 Å². The molecule has 0 aliphatic carbocycles. The molecule has 6 heteroatoms. The highest BCUT2D eigenvalue weighted by Gasteiger charge is 2.17. The van der Waals surface area contributed by atoms with Gasteiger partial charge in [0.25, 0.3) is 5.91 Å². The number of hydrogen-bond acceptors (Lipinski definition) is 5. The van der Waals surface area contributed by atoms with Crippen molar-refractivity contribution in [3.05, 3.63) is 17.1 Å². The largest absolute Gasteiger partial charge is 0.397 e. The summed E-state index contributed by atoms with van der Waals surface area (Å²) in [5, 5.41) is 11.5. The zero-order chi connectivity index (χ0) is 14.0. The maximum atomic E-state index is 12.1. The molecule has 2 aromatic rings. The molecule has 0 aliphatic heterocycles. The monoisotopic (exact) mass is 278 g/mol. The molecule has 0 aromatic carbocycles. The van der Waals surface area contributed by atoms with E-state index in [0.717, 1.165) is 11.8 Å². The molecular weight excluding hydrogens is 260 g/mol. The first-order valence-corrected chi connectivity index (χ1v) is 6.98. The lowest BCUT2D eigenvalue weighted by molar-refractivity contribution is 0.0954. The predicted octanol–water partition coefficient (Wildman–Crippen LogP) is 2.44. The minimum absolute atomic E-state index is 0.134. The third kappa shape index (κ3) is 3.20. The van der Waals surface area contributed by atoms with E-state index in [-0.39, 0.29) is 11.3 Å². The number of carbonyl (C=O) groups excluding carboxylic acids is 1. The molecule has 19 heavy (non-hydrogen) atoms. The number of nitrogen functional groups attached to an aromatic ring is 1. The van der Waals surface area contributed by atoms with E-state index >= 15 is 0 Å². The first kappa shape index (κ1) is 13.7. The van der Waals surface area contributed by atoms with Crippen LogP contribution < -0.4 is 11.1 Å². The van der Waals surface area contributed by atoms with Gasteiger partial charge in [0.2, 0.25) is 0 Å². The second kappa shape index (κ2) is 5.13. The van der Waals surface area contributed by atoms with Crippen molar-refractivity contribution in [3.63, 3.8) is 0 Å². The fourth-order valence-corrected chi connectivity index (χ4v) is 2.63. The number of nitrogens with one attached hydrogen (secondary N) is 1. The van der Waals surface area contributed by atoms with E-state index in [1.54, 1.807) is 12.3 Å². The van der Waals surface area contributed by atoms with Crippen molar-refractivity contribution in [2.45, 2.75) is 27.2 Å². The summed E-state index contributed by atoms with van der Waals surface area (Å²) in [6.45, 7) is 7.06. The zero-order valence-corrected chi connectivity index (χ0v) is 12.2. The van der Waals surface area contributed by atoms with E-state index in [4.69, 9.17) is 5.73 Å². The molecule has 0 spiro atoms. The van der Waals surface area contributed by atoms with Gasteiger partial charge in [-0.25, -0.2) is 0 Å². The maximum Gasteiger partial charge on any atom is 0.263 e. The van der Waals surface area contributed by atoms with E-state index < -0.39 is 0 Å². The van der Waals surface area contributed by atoms with E-state index in [1.165, 1.54) is 11.3 Å². The Morgan fingerprint density at radius 2 is 2.21 bits per heavy atom. The Balaban J connectivity index is 2.11. The first-order valence-electron chi connectivity index (χ1n) is 6.16. The number of fused-ring (bicyclic) bond motifs is 1.